The van der Waals surface area contributed by atoms with E-state index in [1.54, 1.807) is 0 Å². The Hall–Kier alpha value is -0.830. The summed E-state index contributed by atoms with van der Waals surface area (Å²) in [6.07, 6.45) is 3.89. The number of hydrogen-bond donors (Lipinski definition) is 1. The number of nitrogens with zero attached hydrogens (tertiary/aromatic N) is 2. The van der Waals surface area contributed by atoms with E-state index in [1.807, 2.05) is 12.5 Å². The zero-order valence-electron chi connectivity index (χ0n) is 10.5. The van der Waals surface area contributed by atoms with E-state index < -0.39 is 0 Å². The third-order valence-corrected chi connectivity index (χ3v) is 2.84. The van der Waals surface area contributed by atoms with Gasteiger partial charge in [0.2, 0.25) is 0 Å². The van der Waals surface area contributed by atoms with Gasteiger partial charge >= 0.3 is 0 Å². The molecule has 86 valence electrons. The summed E-state index contributed by atoms with van der Waals surface area (Å²) in [5, 5.41) is 3.42. The number of aromatic nitrogens is 2. The van der Waals surface area contributed by atoms with E-state index in [0.717, 1.165) is 6.54 Å². The van der Waals surface area contributed by atoms with Gasteiger partial charge < -0.3 is 9.88 Å². The van der Waals surface area contributed by atoms with E-state index in [0.29, 0.717) is 18.0 Å². The average Bonchev–Trinajstić information content (AvgIpc) is 2.60. The SMILES string of the molecule is CC(C)NCc1cncn1C(C)C(C)C. The van der Waals surface area contributed by atoms with Gasteiger partial charge in [0.25, 0.3) is 0 Å². The maximum absolute atomic E-state index is 4.23. The first-order valence-corrected chi connectivity index (χ1v) is 5.76. The second-order valence-corrected chi connectivity index (χ2v) is 4.81. The van der Waals surface area contributed by atoms with E-state index in [4.69, 9.17) is 0 Å². The van der Waals surface area contributed by atoms with Crippen LogP contribution in [-0.4, -0.2) is 15.6 Å². The van der Waals surface area contributed by atoms with Crippen molar-refractivity contribution in [3.63, 3.8) is 0 Å². The standard InChI is InChI=1S/C12H23N3/c1-9(2)11(5)15-8-13-6-12(15)7-14-10(3)4/h6,8-11,14H,7H2,1-5H3. The van der Waals surface area contributed by atoms with Gasteiger partial charge in [0, 0.05) is 24.8 Å². The maximum atomic E-state index is 4.23. The van der Waals surface area contributed by atoms with Crippen molar-refractivity contribution in [1.29, 1.82) is 0 Å². The Morgan fingerprint density at radius 2 is 1.93 bits per heavy atom. The molecule has 0 aliphatic carbocycles. The quantitative estimate of drug-likeness (QED) is 0.808. The highest BCUT2D eigenvalue weighted by Crippen LogP contribution is 2.18. The van der Waals surface area contributed by atoms with Crippen LogP contribution in [0.1, 0.15) is 46.4 Å². The van der Waals surface area contributed by atoms with E-state index in [9.17, 15) is 0 Å². The van der Waals surface area contributed by atoms with Gasteiger partial charge in [0.15, 0.2) is 0 Å². The first kappa shape index (κ1) is 12.2. The molecule has 0 bridgehead atoms. The molecule has 0 saturated carbocycles. The molecule has 0 amide bonds. The number of hydrogen-bond acceptors (Lipinski definition) is 2. The van der Waals surface area contributed by atoms with Crippen molar-refractivity contribution in [1.82, 2.24) is 14.9 Å². The fraction of sp³-hybridized carbons (Fsp3) is 0.750. The van der Waals surface area contributed by atoms with Gasteiger partial charge in [-0.3, -0.25) is 0 Å². The Labute approximate surface area is 92.9 Å². The third-order valence-electron chi connectivity index (χ3n) is 2.84. The predicted octanol–water partition coefficient (Wildman–Crippen LogP) is 2.60. The molecule has 1 unspecified atom stereocenters. The smallest absolute Gasteiger partial charge is 0.0951 e. The zero-order valence-corrected chi connectivity index (χ0v) is 10.5. The zero-order chi connectivity index (χ0) is 11.4. The molecule has 1 heterocycles. The minimum Gasteiger partial charge on any atom is -0.330 e. The fourth-order valence-corrected chi connectivity index (χ4v) is 1.47. The second-order valence-electron chi connectivity index (χ2n) is 4.81. The largest absolute Gasteiger partial charge is 0.330 e. The van der Waals surface area contributed by atoms with Crippen LogP contribution < -0.4 is 5.32 Å². The number of nitrogens with one attached hydrogen (secondary N) is 1. The van der Waals surface area contributed by atoms with Crippen LogP contribution in [0.15, 0.2) is 12.5 Å². The highest BCUT2D eigenvalue weighted by molar-refractivity contribution is 5.00. The molecule has 0 aliphatic rings. The molecule has 1 atom stereocenters. The Bertz CT molecular complexity index is 289. The topological polar surface area (TPSA) is 29.9 Å². The molecular weight excluding hydrogens is 186 g/mol. The van der Waals surface area contributed by atoms with Crippen molar-refractivity contribution in [3.8, 4) is 0 Å². The van der Waals surface area contributed by atoms with Crippen LogP contribution in [0.25, 0.3) is 0 Å². The van der Waals surface area contributed by atoms with Crippen molar-refractivity contribution in [2.75, 3.05) is 0 Å². The van der Waals surface area contributed by atoms with Gasteiger partial charge in [-0.15, -0.1) is 0 Å². The Morgan fingerprint density at radius 1 is 1.27 bits per heavy atom. The summed E-state index contributed by atoms with van der Waals surface area (Å²) in [5.41, 5.74) is 1.27. The van der Waals surface area contributed by atoms with Crippen LogP contribution in [0.3, 0.4) is 0 Å². The van der Waals surface area contributed by atoms with Crippen LogP contribution in [0.5, 0.6) is 0 Å². The Morgan fingerprint density at radius 3 is 2.47 bits per heavy atom. The molecule has 1 rings (SSSR count). The van der Waals surface area contributed by atoms with Gasteiger partial charge in [0.1, 0.15) is 0 Å². The summed E-state index contributed by atoms with van der Waals surface area (Å²) in [6, 6.07) is 1.03. The molecule has 0 spiro atoms. The Kier molecular flexibility index (Phi) is 4.33. The van der Waals surface area contributed by atoms with Crippen LogP contribution in [0.2, 0.25) is 0 Å². The molecule has 0 radical (unpaired) electrons. The molecule has 0 aliphatic heterocycles. The van der Waals surface area contributed by atoms with Crippen molar-refractivity contribution in [2.45, 2.75) is 53.2 Å². The van der Waals surface area contributed by atoms with Crippen molar-refractivity contribution in [2.24, 2.45) is 5.92 Å². The molecule has 0 aromatic carbocycles. The van der Waals surface area contributed by atoms with Crippen LogP contribution >= 0.6 is 0 Å². The highest BCUT2D eigenvalue weighted by atomic mass is 15.1. The molecule has 3 nitrogen and oxygen atoms in total. The monoisotopic (exact) mass is 209 g/mol. The first-order valence-electron chi connectivity index (χ1n) is 5.76. The summed E-state index contributed by atoms with van der Waals surface area (Å²) in [6.45, 7) is 11.9. The van der Waals surface area contributed by atoms with Gasteiger partial charge in [0.05, 0.1) is 12.0 Å². The molecule has 0 fully saturated rings. The molecule has 1 aromatic heterocycles. The predicted molar refractivity (Wildman–Crippen MR) is 63.8 cm³/mol. The molecule has 0 saturated heterocycles. The van der Waals surface area contributed by atoms with E-state index in [2.05, 4.69) is 49.5 Å². The average molecular weight is 209 g/mol. The molecule has 1 aromatic rings. The third kappa shape index (κ3) is 3.34. The number of imidazole rings is 1. The molecule has 15 heavy (non-hydrogen) atoms. The lowest BCUT2D eigenvalue weighted by atomic mass is 10.1. The van der Waals surface area contributed by atoms with Crippen molar-refractivity contribution < 1.29 is 0 Å². The lowest BCUT2D eigenvalue weighted by molar-refractivity contribution is 0.392. The Balaban J connectivity index is 2.69. The number of rotatable bonds is 5. The minimum absolute atomic E-state index is 0.511. The van der Waals surface area contributed by atoms with Crippen molar-refractivity contribution >= 4 is 0 Å². The van der Waals surface area contributed by atoms with E-state index in [-0.39, 0.29) is 0 Å². The minimum atomic E-state index is 0.511. The lowest BCUT2D eigenvalue weighted by Gasteiger charge is -2.20. The maximum Gasteiger partial charge on any atom is 0.0951 e. The van der Waals surface area contributed by atoms with Gasteiger partial charge in [-0.2, -0.15) is 0 Å². The van der Waals surface area contributed by atoms with Crippen molar-refractivity contribution in [3.05, 3.63) is 18.2 Å². The molecule has 3 heteroatoms. The van der Waals surface area contributed by atoms with E-state index >= 15 is 0 Å². The lowest BCUT2D eigenvalue weighted by Crippen LogP contribution is -2.24. The van der Waals surface area contributed by atoms with E-state index in [1.165, 1.54) is 5.69 Å². The normalized spacial score (nSPS) is 13.8. The van der Waals surface area contributed by atoms with Gasteiger partial charge in [-0.1, -0.05) is 27.7 Å². The summed E-state index contributed by atoms with van der Waals surface area (Å²) in [7, 11) is 0. The summed E-state index contributed by atoms with van der Waals surface area (Å²) >= 11 is 0. The fourth-order valence-electron chi connectivity index (χ4n) is 1.47. The van der Waals surface area contributed by atoms with Crippen LogP contribution in [-0.2, 0) is 6.54 Å². The summed E-state index contributed by atoms with van der Waals surface area (Å²) < 4.78 is 2.26. The summed E-state index contributed by atoms with van der Waals surface area (Å²) in [5.74, 6) is 0.636. The molecular formula is C12H23N3. The van der Waals surface area contributed by atoms with Gasteiger partial charge in [-0.25, -0.2) is 4.98 Å². The van der Waals surface area contributed by atoms with Gasteiger partial charge in [-0.05, 0) is 12.8 Å². The van der Waals surface area contributed by atoms with Crippen LogP contribution in [0, 0.1) is 5.92 Å². The molecule has 1 N–H and O–H groups in total. The summed E-state index contributed by atoms with van der Waals surface area (Å²) in [4.78, 5) is 4.23. The first-order chi connectivity index (χ1) is 7.02. The second kappa shape index (κ2) is 5.31. The van der Waals surface area contributed by atoms with Crippen LogP contribution in [0.4, 0.5) is 0 Å². The highest BCUT2D eigenvalue weighted by Gasteiger charge is 2.12.